The summed E-state index contributed by atoms with van der Waals surface area (Å²) in [5.74, 6) is 0. The normalized spacial score (nSPS) is 29.8. The van der Waals surface area contributed by atoms with E-state index in [2.05, 4.69) is 26.0 Å². The zero-order chi connectivity index (χ0) is 12.3. The summed E-state index contributed by atoms with van der Waals surface area (Å²) in [6.07, 6.45) is 11.4. The van der Waals surface area contributed by atoms with Crippen LogP contribution in [0.5, 0.6) is 0 Å². The average molecular weight is 248 g/mol. The molecule has 1 N–H and O–H groups in total. The fourth-order valence-electron chi connectivity index (χ4n) is 3.56. The number of hydrogen-bond acceptors (Lipinski definition) is 3. The zero-order valence-electron chi connectivity index (χ0n) is 11.1. The molecule has 100 valence electrons. The van der Waals surface area contributed by atoms with Crippen LogP contribution in [0, 0.1) is 5.41 Å². The maximum atomic E-state index is 4.10. The third kappa shape index (κ3) is 2.75. The van der Waals surface area contributed by atoms with Crippen LogP contribution >= 0.6 is 0 Å². The van der Waals surface area contributed by atoms with E-state index >= 15 is 0 Å². The number of piperidine rings is 2. The minimum atomic E-state index is 0.575. The Labute approximate surface area is 109 Å². The molecule has 0 aromatic carbocycles. The summed E-state index contributed by atoms with van der Waals surface area (Å²) >= 11 is 0. The molecule has 0 amide bonds. The van der Waals surface area contributed by atoms with Gasteiger partial charge in [0.15, 0.2) is 0 Å². The number of hydrogen-bond donors (Lipinski definition) is 1. The van der Waals surface area contributed by atoms with Crippen LogP contribution in [0.4, 0.5) is 0 Å². The molecule has 3 rings (SSSR count). The minimum absolute atomic E-state index is 0.575. The molecule has 1 aromatic rings. The van der Waals surface area contributed by atoms with Crippen molar-refractivity contribution < 1.29 is 0 Å². The standard InChI is InChI=1S/C14H24N4/c1-3-14(11-15-5-1)4-2-7-17(12-14)9-10-18-8-6-16-13-18/h6,8,13,15H,1-5,7,9-12H2. The van der Waals surface area contributed by atoms with Crippen LogP contribution in [0.3, 0.4) is 0 Å². The van der Waals surface area contributed by atoms with Crippen LogP contribution in [-0.2, 0) is 6.54 Å². The summed E-state index contributed by atoms with van der Waals surface area (Å²) in [4.78, 5) is 6.75. The topological polar surface area (TPSA) is 33.1 Å². The highest BCUT2D eigenvalue weighted by atomic mass is 15.2. The first-order chi connectivity index (χ1) is 8.86. The summed E-state index contributed by atoms with van der Waals surface area (Å²) in [6, 6.07) is 0. The Morgan fingerprint density at radius 1 is 1.22 bits per heavy atom. The number of likely N-dealkylation sites (tertiary alicyclic amines) is 1. The van der Waals surface area contributed by atoms with E-state index in [1.165, 1.54) is 51.9 Å². The van der Waals surface area contributed by atoms with Gasteiger partial charge in [0.2, 0.25) is 0 Å². The molecule has 2 fully saturated rings. The van der Waals surface area contributed by atoms with Crippen LogP contribution < -0.4 is 5.32 Å². The Bertz CT molecular complexity index is 348. The van der Waals surface area contributed by atoms with E-state index in [0.29, 0.717) is 5.41 Å². The van der Waals surface area contributed by atoms with Crippen molar-refractivity contribution in [2.75, 3.05) is 32.7 Å². The largest absolute Gasteiger partial charge is 0.336 e. The second-order valence-electron chi connectivity index (χ2n) is 5.96. The summed E-state index contributed by atoms with van der Waals surface area (Å²) in [5.41, 5.74) is 0.575. The van der Waals surface area contributed by atoms with Gasteiger partial charge in [0.05, 0.1) is 6.33 Å². The van der Waals surface area contributed by atoms with Gasteiger partial charge in [0.1, 0.15) is 0 Å². The van der Waals surface area contributed by atoms with Gasteiger partial charge in [-0.05, 0) is 44.2 Å². The van der Waals surface area contributed by atoms with E-state index in [4.69, 9.17) is 0 Å². The summed E-state index contributed by atoms with van der Waals surface area (Å²) in [7, 11) is 0. The number of imidazole rings is 1. The summed E-state index contributed by atoms with van der Waals surface area (Å²) in [5, 5.41) is 3.59. The fourth-order valence-corrected chi connectivity index (χ4v) is 3.56. The van der Waals surface area contributed by atoms with E-state index in [0.717, 1.165) is 13.1 Å². The molecule has 1 aromatic heterocycles. The van der Waals surface area contributed by atoms with Crippen molar-refractivity contribution in [1.29, 1.82) is 0 Å². The fraction of sp³-hybridized carbons (Fsp3) is 0.786. The molecule has 0 bridgehead atoms. The van der Waals surface area contributed by atoms with Crippen LogP contribution in [0.2, 0.25) is 0 Å². The molecule has 2 aliphatic heterocycles. The predicted molar refractivity (Wildman–Crippen MR) is 72.4 cm³/mol. The molecule has 4 nitrogen and oxygen atoms in total. The number of nitrogens with one attached hydrogen (secondary N) is 1. The van der Waals surface area contributed by atoms with Crippen molar-refractivity contribution in [3.05, 3.63) is 18.7 Å². The maximum absolute atomic E-state index is 4.10. The van der Waals surface area contributed by atoms with Gasteiger partial charge in [-0.1, -0.05) is 0 Å². The first-order valence-corrected chi connectivity index (χ1v) is 7.25. The second kappa shape index (κ2) is 5.41. The molecule has 3 heterocycles. The van der Waals surface area contributed by atoms with Crippen molar-refractivity contribution in [2.24, 2.45) is 5.41 Å². The van der Waals surface area contributed by atoms with Crippen LogP contribution in [0.25, 0.3) is 0 Å². The van der Waals surface area contributed by atoms with Gasteiger partial charge in [-0.25, -0.2) is 4.98 Å². The van der Waals surface area contributed by atoms with Gasteiger partial charge >= 0.3 is 0 Å². The lowest BCUT2D eigenvalue weighted by atomic mass is 9.74. The Kier molecular flexibility index (Phi) is 3.66. The Hall–Kier alpha value is -0.870. The third-order valence-corrected chi connectivity index (χ3v) is 4.53. The Morgan fingerprint density at radius 3 is 2.94 bits per heavy atom. The van der Waals surface area contributed by atoms with Crippen molar-refractivity contribution in [1.82, 2.24) is 19.8 Å². The van der Waals surface area contributed by atoms with Gasteiger partial charge < -0.3 is 14.8 Å². The van der Waals surface area contributed by atoms with E-state index in [1.54, 1.807) is 0 Å². The van der Waals surface area contributed by atoms with Crippen molar-refractivity contribution >= 4 is 0 Å². The van der Waals surface area contributed by atoms with Gasteiger partial charge in [-0.3, -0.25) is 0 Å². The smallest absolute Gasteiger partial charge is 0.0946 e. The average Bonchev–Trinajstić information content (AvgIpc) is 2.91. The number of aromatic nitrogens is 2. The third-order valence-electron chi connectivity index (χ3n) is 4.53. The lowest BCUT2D eigenvalue weighted by Gasteiger charge is -2.45. The van der Waals surface area contributed by atoms with Crippen LogP contribution in [-0.4, -0.2) is 47.2 Å². The highest BCUT2D eigenvalue weighted by Gasteiger charge is 2.36. The molecular weight excluding hydrogens is 224 g/mol. The van der Waals surface area contributed by atoms with Crippen molar-refractivity contribution in [3.63, 3.8) is 0 Å². The predicted octanol–water partition coefficient (Wildman–Crippen LogP) is 1.35. The van der Waals surface area contributed by atoms with Gasteiger partial charge in [-0.15, -0.1) is 0 Å². The highest BCUT2D eigenvalue weighted by Crippen LogP contribution is 2.35. The van der Waals surface area contributed by atoms with Gasteiger partial charge in [-0.2, -0.15) is 0 Å². The number of nitrogens with zero attached hydrogens (tertiary/aromatic N) is 3. The SMILES string of the molecule is c1cn(CCN2CCCC3(CCCNC3)C2)cn1. The van der Waals surface area contributed by atoms with Crippen molar-refractivity contribution in [2.45, 2.75) is 32.2 Å². The first kappa shape index (κ1) is 12.2. The summed E-state index contributed by atoms with van der Waals surface area (Å²) in [6.45, 7) is 7.25. The quantitative estimate of drug-likeness (QED) is 0.876. The van der Waals surface area contributed by atoms with Crippen LogP contribution in [0.15, 0.2) is 18.7 Å². The monoisotopic (exact) mass is 248 g/mol. The molecule has 2 aliphatic rings. The molecular formula is C14H24N4. The molecule has 1 atom stereocenters. The summed E-state index contributed by atoms with van der Waals surface area (Å²) < 4.78 is 2.18. The lowest BCUT2D eigenvalue weighted by Crippen LogP contribution is -2.51. The van der Waals surface area contributed by atoms with Gasteiger partial charge in [0.25, 0.3) is 0 Å². The Morgan fingerprint density at radius 2 is 2.17 bits per heavy atom. The molecule has 4 heteroatoms. The molecule has 1 spiro atoms. The first-order valence-electron chi connectivity index (χ1n) is 7.25. The van der Waals surface area contributed by atoms with E-state index in [-0.39, 0.29) is 0 Å². The van der Waals surface area contributed by atoms with E-state index < -0.39 is 0 Å². The van der Waals surface area contributed by atoms with Crippen LogP contribution in [0.1, 0.15) is 25.7 Å². The molecule has 0 saturated carbocycles. The minimum Gasteiger partial charge on any atom is -0.336 e. The zero-order valence-corrected chi connectivity index (χ0v) is 11.1. The highest BCUT2D eigenvalue weighted by molar-refractivity contribution is 4.91. The molecule has 0 aliphatic carbocycles. The van der Waals surface area contributed by atoms with Crippen molar-refractivity contribution in [3.8, 4) is 0 Å². The molecule has 0 radical (unpaired) electrons. The van der Waals surface area contributed by atoms with E-state index in [9.17, 15) is 0 Å². The second-order valence-corrected chi connectivity index (χ2v) is 5.96. The maximum Gasteiger partial charge on any atom is 0.0946 e. The molecule has 2 saturated heterocycles. The molecule has 1 unspecified atom stereocenters. The lowest BCUT2D eigenvalue weighted by molar-refractivity contribution is 0.0626. The van der Waals surface area contributed by atoms with Gasteiger partial charge in [0, 0.05) is 38.6 Å². The molecule has 18 heavy (non-hydrogen) atoms. The Balaban J connectivity index is 1.53. The number of rotatable bonds is 3. The van der Waals surface area contributed by atoms with E-state index in [1.807, 2.05) is 12.5 Å².